The number of rotatable bonds is 7. The van der Waals surface area contributed by atoms with Crippen LogP contribution < -0.4 is 5.73 Å². The van der Waals surface area contributed by atoms with Gasteiger partial charge in [0.25, 0.3) is 5.89 Å². The van der Waals surface area contributed by atoms with E-state index in [4.69, 9.17) is 15.4 Å². The minimum atomic E-state index is 0.414. The van der Waals surface area contributed by atoms with E-state index < -0.39 is 0 Å². The lowest BCUT2D eigenvalue weighted by atomic mass is 10.1. The molecule has 0 atom stereocenters. The van der Waals surface area contributed by atoms with Crippen LogP contribution in [0.4, 0.5) is 0 Å². The number of allylic oxidation sites excluding steroid dienone is 9. The highest BCUT2D eigenvalue weighted by atomic mass is 16.5. The first-order valence-electron chi connectivity index (χ1n) is 10.0. The minimum Gasteiger partial charge on any atom is -0.402 e. The summed E-state index contributed by atoms with van der Waals surface area (Å²) in [5, 5.41) is 10.8. The van der Waals surface area contributed by atoms with Crippen molar-refractivity contribution in [2.24, 2.45) is 10.8 Å². The second-order valence-electron chi connectivity index (χ2n) is 6.94. The molecule has 1 aromatic heterocycles. The molecule has 6 heteroatoms. The Kier molecular flexibility index (Phi) is 7.19. The summed E-state index contributed by atoms with van der Waals surface area (Å²) in [6.07, 6.45) is 19.9. The van der Waals surface area contributed by atoms with Gasteiger partial charge in [0.1, 0.15) is 5.71 Å². The summed E-state index contributed by atoms with van der Waals surface area (Å²) in [6, 6.07) is 0. The van der Waals surface area contributed by atoms with Crippen molar-refractivity contribution in [2.45, 2.75) is 33.1 Å². The van der Waals surface area contributed by atoms with E-state index in [1.54, 1.807) is 12.2 Å². The van der Waals surface area contributed by atoms with E-state index in [-0.39, 0.29) is 0 Å². The molecule has 0 saturated carbocycles. The second-order valence-corrected chi connectivity index (χ2v) is 6.94. The standard InChI is InChI=1S/C24H27N5O/c1-4-6-10-19(9-5-2)17-29-18(3)15-16-22(27-29)24-26-23(28-30-24)20-11-7-13-21(25)14-8-12-20/h5-11,14-15H,2,4,13,16-17,25H2,1,3H3/b10-6-,11-7-,19-9+,21-14+. The van der Waals surface area contributed by atoms with Crippen molar-refractivity contribution in [3.05, 3.63) is 95.7 Å². The molecule has 2 aliphatic rings. The average molecular weight is 402 g/mol. The topological polar surface area (TPSA) is 80.5 Å². The van der Waals surface area contributed by atoms with E-state index in [2.05, 4.69) is 47.6 Å². The average Bonchev–Trinajstić information content (AvgIpc) is 3.20. The van der Waals surface area contributed by atoms with Gasteiger partial charge in [-0.1, -0.05) is 55.1 Å². The van der Waals surface area contributed by atoms with Gasteiger partial charge in [0.05, 0.1) is 12.1 Å². The van der Waals surface area contributed by atoms with Gasteiger partial charge in [-0.25, -0.2) is 0 Å². The third-order valence-electron chi connectivity index (χ3n) is 4.56. The molecule has 0 spiro atoms. The second kappa shape index (κ2) is 10.2. The van der Waals surface area contributed by atoms with Crippen molar-refractivity contribution in [2.75, 3.05) is 6.54 Å². The van der Waals surface area contributed by atoms with Crippen LogP contribution in [0.15, 0.2) is 93.6 Å². The lowest BCUT2D eigenvalue weighted by Gasteiger charge is -2.24. The fraction of sp³-hybridized carbons (Fsp3) is 0.250. The van der Waals surface area contributed by atoms with Gasteiger partial charge in [0.2, 0.25) is 5.82 Å². The first-order valence-corrected chi connectivity index (χ1v) is 10.0. The van der Waals surface area contributed by atoms with Crippen LogP contribution in [-0.4, -0.2) is 27.4 Å². The molecule has 30 heavy (non-hydrogen) atoms. The Labute approximate surface area is 177 Å². The first kappa shape index (κ1) is 21.1. The van der Waals surface area contributed by atoms with E-state index in [1.165, 1.54) is 0 Å². The maximum absolute atomic E-state index is 5.83. The molecule has 6 nitrogen and oxygen atoms in total. The van der Waals surface area contributed by atoms with Crippen molar-refractivity contribution in [1.29, 1.82) is 0 Å². The van der Waals surface area contributed by atoms with Gasteiger partial charge in [0.15, 0.2) is 0 Å². The minimum absolute atomic E-state index is 0.414. The zero-order valence-corrected chi connectivity index (χ0v) is 17.5. The normalized spacial score (nSPS) is 20.1. The van der Waals surface area contributed by atoms with Crippen LogP contribution in [0.2, 0.25) is 0 Å². The number of aromatic nitrogens is 2. The van der Waals surface area contributed by atoms with Crippen LogP contribution in [0.25, 0.3) is 5.57 Å². The highest BCUT2D eigenvalue weighted by molar-refractivity contribution is 5.98. The van der Waals surface area contributed by atoms with Gasteiger partial charge >= 0.3 is 0 Å². The number of nitrogens with two attached hydrogens (primary N) is 1. The summed E-state index contributed by atoms with van der Waals surface area (Å²) >= 11 is 0. The molecule has 2 N–H and O–H groups in total. The summed E-state index contributed by atoms with van der Waals surface area (Å²) in [4.78, 5) is 4.54. The third-order valence-corrected chi connectivity index (χ3v) is 4.56. The molecular weight excluding hydrogens is 374 g/mol. The Morgan fingerprint density at radius 2 is 2.27 bits per heavy atom. The van der Waals surface area contributed by atoms with Crippen LogP contribution in [0.5, 0.6) is 0 Å². The van der Waals surface area contributed by atoms with E-state index in [0.717, 1.165) is 34.7 Å². The van der Waals surface area contributed by atoms with Crippen molar-refractivity contribution in [3.63, 3.8) is 0 Å². The van der Waals surface area contributed by atoms with Gasteiger partial charge in [-0.3, -0.25) is 5.01 Å². The Hall–Kier alpha value is -3.63. The monoisotopic (exact) mass is 401 g/mol. The van der Waals surface area contributed by atoms with E-state index in [9.17, 15) is 0 Å². The maximum Gasteiger partial charge on any atom is 0.274 e. The van der Waals surface area contributed by atoms with Crippen molar-refractivity contribution < 1.29 is 4.52 Å². The Morgan fingerprint density at radius 3 is 3.07 bits per heavy atom. The SMILES string of the molecule is C=C/C=C(\C=C/CC)CN1N=C(c2nc(C3=C=C/C=C(/N)C/C=C\3)no2)CC=C1C. The third kappa shape index (κ3) is 5.46. The lowest BCUT2D eigenvalue weighted by molar-refractivity contribution is 0.378. The van der Waals surface area contributed by atoms with Crippen LogP contribution in [0.1, 0.15) is 44.8 Å². The van der Waals surface area contributed by atoms with Crippen molar-refractivity contribution in [1.82, 2.24) is 15.1 Å². The number of hydrazone groups is 1. The molecule has 154 valence electrons. The molecule has 0 fully saturated rings. The van der Waals surface area contributed by atoms with Gasteiger partial charge in [-0.15, -0.1) is 5.73 Å². The summed E-state index contributed by atoms with van der Waals surface area (Å²) in [5.74, 6) is 0.891. The quantitative estimate of drug-likeness (QED) is 0.524. The van der Waals surface area contributed by atoms with Gasteiger partial charge in [-0.2, -0.15) is 10.1 Å². The van der Waals surface area contributed by atoms with Crippen molar-refractivity contribution in [3.8, 4) is 0 Å². The predicted octanol–water partition coefficient (Wildman–Crippen LogP) is 4.80. The van der Waals surface area contributed by atoms with Gasteiger partial charge in [-0.05, 0) is 37.1 Å². The zero-order chi connectivity index (χ0) is 21.3. The highest BCUT2D eigenvalue weighted by Crippen LogP contribution is 2.20. The van der Waals surface area contributed by atoms with Crippen LogP contribution in [0.3, 0.4) is 0 Å². The van der Waals surface area contributed by atoms with Crippen LogP contribution in [-0.2, 0) is 0 Å². The molecule has 1 aromatic rings. The fourth-order valence-electron chi connectivity index (χ4n) is 2.92. The summed E-state index contributed by atoms with van der Waals surface area (Å²) in [6.45, 7) is 8.60. The highest BCUT2D eigenvalue weighted by Gasteiger charge is 2.20. The molecule has 0 radical (unpaired) electrons. The molecule has 1 aliphatic heterocycles. The molecule has 3 rings (SSSR count). The van der Waals surface area contributed by atoms with Crippen LogP contribution >= 0.6 is 0 Å². The molecule has 0 aromatic carbocycles. The Bertz CT molecular complexity index is 1040. The number of hydrogen-bond donors (Lipinski definition) is 1. The number of nitrogens with zero attached hydrogens (tertiary/aromatic N) is 4. The molecule has 0 unspecified atom stereocenters. The van der Waals surface area contributed by atoms with Gasteiger partial charge in [0, 0.05) is 24.2 Å². The smallest absolute Gasteiger partial charge is 0.274 e. The first-order chi connectivity index (χ1) is 14.6. The molecule has 0 saturated heterocycles. The van der Waals surface area contributed by atoms with E-state index in [1.807, 2.05) is 36.2 Å². The maximum atomic E-state index is 5.83. The zero-order valence-electron chi connectivity index (χ0n) is 17.5. The fourth-order valence-corrected chi connectivity index (χ4v) is 2.92. The molecule has 2 heterocycles. The van der Waals surface area contributed by atoms with E-state index >= 15 is 0 Å². The molecule has 1 aliphatic carbocycles. The summed E-state index contributed by atoms with van der Waals surface area (Å²) < 4.78 is 5.51. The summed E-state index contributed by atoms with van der Waals surface area (Å²) in [5.41, 5.74) is 13.4. The Morgan fingerprint density at radius 1 is 1.40 bits per heavy atom. The van der Waals surface area contributed by atoms with Gasteiger partial charge < -0.3 is 10.3 Å². The summed E-state index contributed by atoms with van der Waals surface area (Å²) in [7, 11) is 0. The largest absolute Gasteiger partial charge is 0.402 e. The Balaban J connectivity index is 1.83. The number of hydrogen-bond acceptors (Lipinski definition) is 6. The molecular formula is C24H27N5O. The van der Waals surface area contributed by atoms with Crippen LogP contribution in [0, 0.1) is 0 Å². The predicted molar refractivity (Wildman–Crippen MR) is 121 cm³/mol. The van der Waals surface area contributed by atoms with Crippen molar-refractivity contribution >= 4 is 11.3 Å². The van der Waals surface area contributed by atoms with E-state index in [0.29, 0.717) is 31.1 Å². The lowest BCUT2D eigenvalue weighted by Crippen LogP contribution is -2.24. The molecule has 0 amide bonds. The molecule has 0 bridgehead atoms.